The number of halogens is 1. The van der Waals surface area contributed by atoms with Crippen molar-refractivity contribution >= 4 is 28.9 Å². The molecule has 1 aromatic heterocycles. The summed E-state index contributed by atoms with van der Waals surface area (Å²) in [7, 11) is 0. The van der Waals surface area contributed by atoms with Crippen molar-refractivity contribution in [2.75, 3.05) is 13.1 Å². The van der Waals surface area contributed by atoms with Gasteiger partial charge in [0.25, 0.3) is 0 Å². The Kier molecular flexibility index (Phi) is 6.10. The highest BCUT2D eigenvalue weighted by Crippen LogP contribution is 2.21. The van der Waals surface area contributed by atoms with Crippen molar-refractivity contribution < 1.29 is 18.7 Å². The largest absolute Gasteiger partial charge is 0.489 e. The molecule has 1 N–H and O–H groups in total. The molecule has 0 saturated carbocycles. The summed E-state index contributed by atoms with van der Waals surface area (Å²) < 4.78 is 33.8. The Bertz CT molecular complexity index is 1030. The maximum atomic E-state index is 14.2. The molecule has 1 saturated heterocycles. The number of carbonyl (C=O) groups is 1. The Morgan fingerprint density at radius 1 is 1.13 bits per heavy atom. The summed E-state index contributed by atoms with van der Waals surface area (Å²) in [4.78, 5) is 14.2. The first-order valence-electron chi connectivity index (χ1n) is 9.79. The Hall–Kier alpha value is -2.78. The molecule has 1 aliphatic heterocycles. The number of benzene rings is 2. The number of nitrogens with one attached hydrogen (secondary N) is 1. The molecule has 30 heavy (non-hydrogen) atoms. The van der Waals surface area contributed by atoms with Gasteiger partial charge >= 0.3 is 6.09 Å². The number of carbonyl (C=O) groups excluding carboxylic acids is 1. The van der Waals surface area contributed by atoms with Gasteiger partial charge in [0.2, 0.25) is 0 Å². The number of amides is 1. The van der Waals surface area contributed by atoms with E-state index in [9.17, 15) is 9.18 Å². The molecule has 1 amide bonds. The van der Waals surface area contributed by atoms with E-state index in [-0.39, 0.29) is 24.3 Å². The van der Waals surface area contributed by atoms with Crippen LogP contribution in [0.1, 0.15) is 25.0 Å². The molecule has 9 heteroatoms. The number of nitrogens with zero attached hydrogens (tertiary/aromatic N) is 3. The standard InChI is InChI=1S/C21H23FN4O3S/c1-13-9-23-10-14(2)26(13)21(27)29-12-16-8-17(4-5-18(16)22)28-11-15-3-6-19-20(7-15)25-30-24-19/h3-8,13-14,23H,9-12H2,1-2H3. The van der Waals surface area contributed by atoms with E-state index in [2.05, 4.69) is 14.1 Å². The predicted octanol–water partition coefficient (Wildman–Crippen LogP) is 3.73. The minimum Gasteiger partial charge on any atom is -0.489 e. The molecule has 3 aromatic rings. The van der Waals surface area contributed by atoms with Crippen molar-refractivity contribution in [3.05, 3.63) is 53.3 Å². The third kappa shape index (κ3) is 4.52. The van der Waals surface area contributed by atoms with Gasteiger partial charge in [-0.2, -0.15) is 8.75 Å². The van der Waals surface area contributed by atoms with Gasteiger partial charge in [-0.3, -0.25) is 0 Å². The van der Waals surface area contributed by atoms with E-state index >= 15 is 0 Å². The van der Waals surface area contributed by atoms with Crippen LogP contribution < -0.4 is 10.1 Å². The van der Waals surface area contributed by atoms with Gasteiger partial charge in [0.15, 0.2) is 0 Å². The zero-order valence-corrected chi connectivity index (χ0v) is 17.6. The Labute approximate surface area is 178 Å². The topological polar surface area (TPSA) is 76.6 Å². The summed E-state index contributed by atoms with van der Waals surface area (Å²) in [6, 6.07) is 10.2. The average Bonchev–Trinajstić information content (AvgIpc) is 3.20. The van der Waals surface area contributed by atoms with E-state index in [1.54, 1.807) is 17.0 Å². The van der Waals surface area contributed by atoms with Crippen LogP contribution in [0.3, 0.4) is 0 Å². The molecular weight excluding hydrogens is 407 g/mol. The molecule has 2 heterocycles. The Morgan fingerprint density at radius 2 is 1.90 bits per heavy atom. The lowest BCUT2D eigenvalue weighted by Gasteiger charge is -2.38. The van der Waals surface area contributed by atoms with Crippen molar-refractivity contribution in [1.82, 2.24) is 19.0 Å². The number of hydrogen-bond donors (Lipinski definition) is 1. The van der Waals surface area contributed by atoms with Gasteiger partial charge in [-0.1, -0.05) is 6.07 Å². The quantitative estimate of drug-likeness (QED) is 0.665. The first-order chi connectivity index (χ1) is 14.5. The van der Waals surface area contributed by atoms with Gasteiger partial charge in [-0.05, 0) is 49.7 Å². The Balaban J connectivity index is 1.38. The van der Waals surface area contributed by atoms with E-state index < -0.39 is 11.9 Å². The van der Waals surface area contributed by atoms with Crippen molar-refractivity contribution in [1.29, 1.82) is 0 Å². The molecule has 4 rings (SSSR count). The molecule has 2 unspecified atom stereocenters. The molecule has 1 aliphatic rings. The SMILES string of the molecule is CC1CNCC(C)N1C(=O)OCc1cc(OCc2ccc3nsnc3c2)ccc1F. The fourth-order valence-electron chi connectivity index (χ4n) is 3.54. The lowest BCUT2D eigenvalue weighted by molar-refractivity contribution is 0.0557. The summed E-state index contributed by atoms with van der Waals surface area (Å²) in [5.41, 5.74) is 2.89. The van der Waals surface area contributed by atoms with Crippen LogP contribution in [0.25, 0.3) is 11.0 Å². The highest BCUT2D eigenvalue weighted by molar-refractivity contribution is 7.00. The van der Waals surface area contributed by atoms with Gasteiger partial charge in [-0.15, -0.1) is 0 Å². The van der Waals surface area contributed by atoms with Crippen LogP contribution in [0.15, 0.2) is 36.4 Å². The summed E-state index contributed by atoms with van der Waals surface area (Å²) >= 11 is 1.17. The van der Waals surface area contributed by atoms with Crippen molar-refractivity contribution in [2.24, 2.45) is 0 Å². The summed E-state index contributed by atoms with van der Waals surface area (Å²) in [6.45, 7) is 5.49. The van der Waals surface area contributed by atoms with Gasteiger partial charge in [0, 0.05) is 30.7 Å². The van der Waals surface area contributed by atoms with E-state index in [1.165, 1.54) is 17.8 Å². The van der Waals surface area contributed by atoms with Gasteiger partial charge < -0.3 is 19.7 Å². The highest BCUT2D eigenvalue weighted by Gasteiger charge is 2.30. The first-order valence-corrected chi connectivity index (χ1v) is 10.5. The molecule has 0 spiro atoms. The molecule has 2 aromatic carbocycles. The fraction of sp³-hybridized carbons (Fsp3) is 0.381. The number of rotatable bonds is 5. The van der Waals surface area contributed by atoms with Crippen LogP contribution in [0.2, 0.25) is 0 Å². The van der Waals surface area contributed by atoms with Gasteiger partial charge in [-0.25, -0.2) is 9.18 Å². The monoisotopic (exact) mass is 430 g/mol. The molecule has 158 valence electrons. The zero-order valence-electron chi connectivity index (χ0n) is 16.8. The van der Waals surface area contributed by atoms with Gasteiger partial charge in [0.1, 0.15) is 35.8 Å². The number of hydrogen-bond acceptors (Lipinski definition) is 7. The molecule has 0 radical (unpaired) electrons. The lowest BCUT2D eigenvalue weighted by atomic mass is 10.1. The van der Waals surface area contributed by atoms with Gasteiger partial charge in [0.05, 0.1) is 11.7 Å². The number of aromatic nitrogens is 2. The predicted molar refractivity (Wildman–Crippen MR) is 112 cm³/mol. The van der Waals surface area contributed by atoms with E-state index in [1.807, 2.05) is 32.0 Å². The van der Waals surface area contributed by atoms with E-state index in [4.69, 9.17) is 9.47 Å². The lowest BCUT2D eigenvalue weighted by Crippen LogP contribution is -2.57. The van der Waals surface area contributed by atoms with Crippen molar-refractivity contribution in [3.8, 4) is 5.75 Å². The number of fused-ring (bicyclic) bond motifs is 1. The second kappa shape index (κ2) is 8.93. The molecular formula is C21H23FN4O3S. The van der Waals surface area contributed by atoms with Crippen LogP contribution >= 0.6 is 11.7 Å². The second-order valence-electron chi connectivity index (χ2n) is 7.45. The van der Waals surface area contributed by atoms with Crippen LogP contribution in [-0.4, -0.2) is 44.9 Å². The smallest absolute Gasteiger partial charge is 0.410 e. The van der Waals surface area contributed by atoms with Crippen LogP contribution in [0, 0.1) is 5.82 Å². The molecule has 0 aliphatic carbocycles. The van der Waals surface area contributed by atoms with Crippen LogP contribution in [0.4, 0.5) is 9.18 Å². The van der Waals surface area contributed by atoms with Crippen LogP contribution in [0.5, 0.6) is 5.75 Å². The normalized spacial score (nSPS) is 19.1. The number of piperazine rings is 1. The second-order valence-corrected chi connectivity index (χ2v) is 7.98. The molecule has 1 fully saturated rings. The summed E-state index contributed by atoms with van der Waals surface area (Å²) in [5.74, 6) is 0.0642. The maximum absolute atomic E-state index is 14.2. The average molecular weight is 431 g/mol. The number of ether oxygens (including phenoxy) is 2. The van der Waals surface area contributed by atoms with Crippen molar-refractivity contribution in [2.45, 2.75) is 39.1 Å². The Morgan fingerprint density at radius 3 is 2.70 bits per heavy atom. The minimum absolute atomic E-state index is 0.0195. The van der Waals surface area contributed by atoms with Crippen LogP contribution in [-0.2, 0) is 18.0 Å². The third-order valence-corrected chi connectivity index (χ3v) is 5.69. The summed E-state index contributed by atoms with van der Waals surface area (Å²) in [5, 5.41) is 3.26. The molecule has 0 bridgehead atoms. The van der Waals surface area contributed by atoms with E-state index in [0.29, 0.717) is 25.4 Å². The van der Waals surface area contributed by atoms with E-state index in [0.717, 1.165) is 16.6 Å². The molecule has 7 nitrogen and oxygen atoms in total. The zero-order chi connectivity index (χ0) is 21.1. The minimum atomic E-state index is -0.438. The third-order valence-electron chi connectivity index (χ3n) is 5.13. The molecule has 2 atom stereocenters. The first kappa shape index (κ1) is 20.5. The summed E-state index contributed by atoms with van der Waals surface area (Å²) in [6.07, 6.45) is -0.438. The maximum Gasteiger partial charge on any atom is 0.410 e. The fourth-order valence-corrected chi connectivity index (χ4v) is 4.06. The highest BCUT2D eigenvalue weighted by atomic mass is 32.1. The van der Waals surface area contributed by atoms with Crippen molar-refractivity contribution in [3.63, 3.8) is 0 Å².